The second-order valence-corrected chi connectivity index (χ2v) is 5.55. The topological polar surface area (TPSA) is 56.3 Å². The lowest BCUT2D eigenvalue weighted by Crippen LogP contribution is -2.11. The highest BCUT2D eigenvalue weighted by atomic mass is 35.5. The molecule has 0 saturated carbocycles. The molecule has 0 radical (unpaired) electrons. The summed E-state index contributed by atoms with van der Waals surface area (Å²) in [5, 5.41) is 3.53. The Kier molecular flexibility index (Phi) is 6.52. The van der Waals surface area contributed by atoms with Gasteiger partial charge in [0.1, 0.15) is 23.8 Å². The van der Waals surface area contributed by atoms with E-state index >= 15 is 0 Å². The van der Waals surface area contributed by atoms with Crippen molar-refractivity contribution in [2.75, 3.05) is 11.9 Å². The van der Waals surface area contributed by atoms with Crippen molar-refractivity contribution in [3.8, 4) is 11.5 Å². The molecule has 0 aliphatic heterocycles. The number of aryl methyl sites for hydroxylation is 1. The molecule has 1 N–H and O–H groups in total. The average molecular weight is 370 g/mol. The Morgan fingerprint density at radius 3 is 2.76 bits per heavy atom. The lowest BCUT2D eigenvalue weighted by molar-refractivity contribution is -0.0514. The van der Waals surface area contributed by atoms with Gasteiger partial charge in [0.2, 0.25) is 0 Å². The van der Waals surface area contributed by atoms with Gasteiger partial charge in [0, 0.05) is 0 Å². The number of nitrogens with zero attached hydrogens (tertiary/aromatic N) is 2. The van der Waals surface area contributed by atoms with E-state index in [-0.39, 0.29) is 24.1 Å². The Labute approximate surface area is 149 Å². The number of anilines is 1. The molecule has 0 aliphatic rings. The molecule has 2 aromatic rings. The Balaban J connectivity index is 2.25. The minimum Gasteiger partial charge on any atom is -0.486 e. The van der Waals surface area contributed by atoms with Gasteiger partial charge in [-0.1, -0.05) is 30.3 Å². The maximum Gasteiger partial charge on any atom is 0.387 e. The Bertz CT molecular complexity index is 744. The number of hydrogen-bond acceptors (Lipinski definition) is 5. The summed E-state index contributed by atoms with van der Waals surface area (Å²) in [6, 6.07) is 4.54. The first-order valence-electron chi connectivity index (χ1n) is 7.48. The van der Waals surface area contributed by atoms with E-state index in [1.807, 2.05) is 6.92 Å². The minimum atomic E-state index is -2.96. The van der Waals surface area contributed by atoms with Crippen molar-refractivity contribution in [2.24, 2.45) is 0 Å². The van der Waals surface area contributed by atoms with Crippen molar-refractivity contribution in [3.05, 3.63) is 53.5 Å². The van der Waals surface area contributed by atoms with Crippen LogP contribution in [0.25, 0.3) is 0 Å². The number of alkyl halides is 2. The van der Waals surface area contributed by atoms with Crippen LogP contribution >= 0.6 is 11.6 Å². The van der Waals surface area contributed by atoms with Crippen LogP contribution in [-0.4, -0.2) is 23.2 Å². The first kappa shape index (κ1) is 18.9. The maximum atomic E-state index is 12.7. The molecular formula is C17H18ClF2N3O2. The van der Waals surface area contributed by atoms with Crippen molar-refractivity contribution in [1.29, 1.82) is 0 Å². The third-order valence-corrected chi connectivity index (χ3v) is 3.81. The highest BCUT2D eigenvalue weighted by Crippen LogP contribution is 2.33. The van der Waals surface area contributed by atoms with E-state index in [2.05, 4.69) is 26.6 Å². The normalized spacial score (nSPS) is 11.9. The second kappa shape index (κ2) is 8.62. The molecule has 1 unspecified atom stereocenters. The monoisotopic (exact) mass is 369 g/mol. The summed E-state index contributed by atoms with van der Waals surface area (Å²) < 4.78 is 35.2. The van der Waals surface area contributed by atoms with Crippen molar-refractivity contribution in [1.82, 2.24) is 9.97 Å². The number of benzene rings is 1. The number of aromatic nitrogens is 2. The number of ether oxygens (including phenoxy) is 2. The number of hydrogen-bond donors (Lipinski definition) is 1. The highest BCUT2D eigenvalue weighted by Gasteiger charge is 2.16. The van der Waals surface area contributed by atoms with Crippen molar-refractivity contribution in [3.63, 3.8) is 0 Å². The molecule has 2 rings (SSSR count). The summed E-state index contributed by atoms with van der Waals surface area (Å²) >= 11 is 6.17. The van der Waals surface area contributed by atoms with E-state index in [0.717, 1.165) is 0 Å². The third-order valence-electron chi connectivity index (χ3n) is 3.36. The predicted octanol–water partition coefficient (Wildman–Crippen LogP) is 4.78. The maximum absolute atomic E-state index is 12.7. The summed E-state index contributed by atoms with van der Waals surface area (Å²) in [5.74, 6) is 0.630. The molecular weight excluding hydrogens is 352 g/mol. The summed E-state index contributed by atoms with van der Waals surface area (Å²) in [7, 11) is 0. The predicted molar refractivity (Wildman–Crippen MR) is 92.6 cm³/mol. The lowest BCUT2D eigenvalue weighted by atomic mass is 10.1. The van der Waals surface area contributed by atoms with Gasteiger partial charge < -0.3 is 14.8 Å². The van der Waals surface area contributed by atoms with Gasteiger partial charge >= 0.3 is 6.61 Å². The quantitative estimate of drug-likeness (QED) is 0.679. The van der Waals surface area contributed by atoms with E-state index in [0.29, 0.717) is 22.1 Å². The molecule has 134 valence electrons. The van der Waals surface area contributed by atoms with Gasteiger partial charge in [0.15, 0.2) is 11.5 Å². The smallest absolute Gasteiger partial charge is 0.387 e. The second-order valence-electron chi connectivity index (χ2n) is 5.17. The molecule has 0 fully saturated rings. The first-order valence-corrected chi connectivity index (χ1v) is 7.86. The Hall–Kier alpha value is -2.41. The SMILES string of the molecule is C=CCOc1ccc(C(C)Nc2ncnc(C)c2Cl)cc1OC(F)F. The number of nitrogens with one attached hydrogen (secondary N) is 1. The van der Waals surface area contributed by atoms with Gasteiger partial charge in [0.05, 0.1) is 11.7 Å². The third kappa shape index (κ3) is 5.03. The van der Waals surface area contributed by atoms with Gasteiger partial charge in [0.25, 0.3) is 0 Å². The van der Waals surface area contributed by atoms with Crippen LogP contribution in [-0.2, 0) is 0 Å². The van der Waals surface area contributed by atoms with Crippen molar-refractivity contribution >= 4 is 17.4 Å². The molecule has 0 saturated heterocycles. The minimum absolute atomic E-state index is 0.0482. The molecule has 0 spiro atoms. The molecule has 0 aliphatic carbocycles. The number of halogens is 3. The lowest BCUT2D eigenvalue weighted by Gasteiger charge is -2.18. The van der Waals surface area contributed by atoms with E-state index in [4.69, 9.17) is 16.3 Å². The summed E-state index contributed by atoms with van der Waals surface area (Å²) in [5.41, 5.74) is 1.34. The molecule has 1 aromatic carbocycles. The fourth-order valence-electron chi connectivity index (χ4n) is 2.10. The number of rotatable bonds is 8. The molecule has 0 bridgehead atoms. The molecule has 8 heteroatoms. The van der Waals surface area contributed by atoms with Crippen LogP contribution in [0.3, 0.4) is 0 Å². The molecule has 1 aromatic heterocycles. The van der Waals surface area contributed by atoms with E-state index in [9.17, 15) is 8.78 Å². The van der Waals surface area contributed by atoms with Crippen LogP contribution < -0.4 is 14.8 Å². The van der Waals surface area contributed by atoms with Gasteiger partial charge in [-0.3, -0.25) is 0 Å². The van der Waals surface area contributed by atoms with Crippen LogP contribution in [0.4, 0.5) is 14.6 Å². The van der Waals surface area contributed by atoms with E-state index in [1.54, 1.807) is 19.1 Å². The van der Waals surface area contributed by atoms with Crippen LogP contribution in [0.15, 0.2) is 37.2 Å². The summed E-state index contributed by atoms with van der Waals surface area (Å²) in [6.07, 6.45) is 2.91. The molecule has 0 amide bonds. The summed E-state index contributed by atoms with van der Waals surface area (Å²) in [6.45, 7) is 4.36. The zero-order valence-electron chi connectivity index (χ0n) is 13.8. The van der Waals surface area contributed by atoms with Crippen molar-refractivity contribution in [2.45, 2.75) is 26.5 Å². The fraction of sp³-hybridized carbons (Fsp3) is 0.294. The zero-order valence-corrected chi connectivity index (χ0v) is 14.6. The largest absolute Gasteiger partial charge is 0.486 e. The Morgan fingerprint density at radius 2 is 2.08 bits per heavy atom. The van der Waals surface area contributed by atoms with Gasteiger partial charge in [-0.15, -0.1) is 0 Å². The van der Waals surface area contributed by atoms with Crippen molar-refractivity contribution < 1.29 is 18.3 Å². The molecule has 25 heavy (non-hydrogen) atoms. The van der Waals surface area contributed by atoms with E-state index < -0.39 is 6.61 Å². The molecule has 1 heterocycles. The van der Waals surface area contributed by atoms with Crippen LogP contribution in [0.1, 0.15) is 24.2 Å². The molecule has 1 atom stereocenters. The molecule has 5 nitrogen and oxygen atoms in total. The van der Waals surface area contributed by atoms with Crippen LogP contribution in [0.5, 0.6) is 11.5 Å². The Morgan fingerprint density at radius 1 is 1.32 bits per heavy atom. The van der Waals surface area contributed by atoms with E-state index in [1.165, 1.54) is 18.5 Å². The zero-order chi connectivity index (χ0) is 18.4. The van der Waals surface area contributed by atoms with Gasteiger partial charge in [-0.2, -0.15) is 8.78 Å². The van der Waals surface area contributed by atoms with Crippen LogP contribution in [0.2, 0.25) is 5.02 Å². The van der Waals surface area contributed by atoms with Gasteiger partial charge in [-0.25, -0.2) is 9.97 Å². The average Bonchev–Trinajstić information content (AvgIpc) is 2.57. The first-order chi connectivity index (χ1) is 11.9. The highest BCUT2D eigenvalue weighted by molar-refractivity contribution is 6.33. The summed E-state index contributed by atoms with van der Waals surface area (Å²) in [4.78, 5) is 8.09. The van der Waals surface area contributed by atoms with Crippen LogP contribution in [0, 0.1) is 6.92 Å². The van der Waals surface area contributed by atoms with Gasteiger partial charge in [-0.05, 0) is 31.5 Å². The fourth-order valence-corrected chi connectivity index (χ4v) is 2.25. The standard InChI is InChI=1S/C17H18ClF2N3O2/c1-4-7-24-13-6-5-12(8-14(13)25-17(19)20)10(2)23-16-15(18)11(3)21-9-22-16/h4-6,8-10,17H,1,7H2,2-3H3,(H,21,22,23).